The second kappa shape index (κ2) is 44.1. The predicted octanol–water partition coefficient (Wildman–Crippen LogP) is 3.07. The van der Waals surface area contributed by atoms with Crippen LogP contribution in [0.5, 0.6) is 0 Å². The molecular weight excluding hydrogens is 1050 g/mol. The Hall–Kier alpha value is -3.53. The van der Waals surface area contributed by atoms with E-state index in [-0.39, 0.29) is 117 Å². The van der Waals surface area contributed by atoms with Crippen molar-refractivity contribution in [2.75, 3.05) is 146 Å². The maximum Gasteiger partial charge on any atom is 0.242 e. The Morgan fingerprint density at radius 2 is 1.14 bits per heavy atom. The van der Waals surface area contributed by atoms with Gasteiger partial charge in [0, 0.05) is 78.1 Å². The highest BCUT2D eigenvalue weighted by Gasteiger charge is 2.41. The molecule has 23 nitrogen and oxygen atoms in total. The van der Waals surface area contributed by atoms with Gasteiger partial charge >= 0.3 is 0 Å². The first-order valence-corrected chi connectivity index (χ1v) is 29.1. The lowest BCUT2D eigenvalue weighted by Crippen LogP contribution is -2.52. The van der Waals surface area contributed by atoms with Gasteiger partial charge in [0.05, 0.1) is 135 Å². The molecule has 0 spiro atoms. The van der Waals surface area contributed by atoms with Gasteiger partial charge in [0.15, 0.2) is 11.6 Å². The third kappa shape index (κ3) is 30.4. The molecule has 0 radical (unpaired) electrons. The number of hydrogen-bond acceptors (Lipinski definition) is 20. The van der Waals surface area contributed by atoms with Crippen LogP contribution in [-0.2, 0) is 85.8 Å². The van der Waals surface area contributed by atoms with Crippen LogP contribution in [0.15, 0.2) is 0 Å². The monoisotopic (exact) mass is 1150 g/mol. The number of methoxy groups -OCH3 is 1. The molecule has 24 heteroatoms. The SMILES string of the molecule is CCC(C)[C@@H]([C@@H](CC)OC)N(C)C(=O)[C@@H](CC(=O)[C@H](C(C)C)N(C)C(=O)CCOCCOCCOCCOCCOCCOCCOCCOCCCC(=O)CCN1C(=O)CC(SCC(CC(=O)CON)C(N)=O)C1=O)C(C)C. The summed E-state index contributed by atoms with van der Waals surface area (Å²) < 4.78 is 50.2. The van der Waals surface area contributed by atoms with E-state index in [9.17, 15) is 38.4 Å². The largest absolute Gasteiger partial charge is 0.379 e. The molecule has 1 saturated heterocycles. The van der Waals surface area contributed by atoms with Gasteiger partial charge in [0.2, 0.25) is 29.5 Å². The molecule has 0 aromatic rings. The van der Waals surface area contributed by atoms with Gasteiger partial charge in [0.25, 0.3) is 0 Å². The number of likely N-dealkylation sites (tertiary alicyclic amines) is 1. The van der Waals surface area contributed by atoms with Crippen LogP contribution in [0.4, 0.5) is 0 Å². The quantitative estimate of drug-likeness (QED) is 0.0503. The van der Waals surface area contributed by atoms with Crippen molar-refractivity contribution in [1.29, 1.82) is 0 Å². The molecule has 4 N–H and O–H groups in total. The molecule has 1 fully saturated rings. The number of hydrogen-bond donors (Lipinski definition) is 2. The Morgan fingerprint density at radius 3 is 1.57 bits per heavy atom. The van der Waals surface area contributed by atoms with Crippen molar-refractivity contribution < 1.29 is 85.8 Å². The van der Waals surface area contributed by atoms with Gasteiger partial charge in [-0.2, -0.15) is 0 Å². The number of ketones is 3. The third-order valence-corrected chi connectivity index (χ3v) is 15.0. The summed E-state index contributed by atoms with van der Waals surface area (Å²) in [6.07, 6.45) is 2.22. The number of amides is 5. The van der Waals surface area contributed by atoms with Crippen molar-refractivity contribution in [2.45, 2.75) is 130 Å². The molecule has 458 valence electrons. The van der Waals surface area contributed by atoms with Crippen LogP contribution in [0.3, 0.4) is 0 Å². The summed E-state index contributed by atoms with van der Waals surface area (Å²) in [5, 5.41) is -0.715. The molecule has 79 heavy (non-hydrogen) atoms. The fourth-order valence-electron chi connectivity index (χ4n) is 8.96. The lowest BCUT2D eigenvalue weighted by molar-refractivity contribution is -0.147. The molecule has 3 unspecified atom stereocenters. The number of rotatable bonds is 52. The summed E-state index contributed by atoms with van der Waals surface area (Å²) in [5.74, 6) is 1.20. The summed E-state index contributed by atoms with van der Waals surface area (Å²) in [6, 6.07) is -0.784. The molecule has 0 aromatic heterocycles. The van der Waals surface area contributed by atoms with Gasteiger partial charge in [-0.05, 0) is 30.6 Å². The number of carbonyl (C=O) groups is 8. The van der Waals surface area contributed by atoms with E-state index in [0.29, 0.717) is 106 Å². The molecule has 1 heterocycles. The standard InChI is InChI=1S/C55H99N5O18S/c1-11-41(7)52(47(12-2)69-10)59(9)54(67)45(39(3)4)35-46(63)51(40(5)6)58(8)49(64)16-19-71-21-23-73-25-27-75-29-31-77-33-32-76-30-28-74-26-24-72-22-20-70-18-13-14-43(61)15-17-60-50(65)36-48(55(60)68)79-38-42(53(56)66)34-44(62)37-78-57/h39-42,45,47-48,51-52H,11-38,57H2,1-10H3,(H2,56,66)/t41?,42?,45-,47+,48?,51-,52-/m0/s1. The highest BCUT2D eigenvalue weighted by atomic mass is 32.2. The highest BCUT2D eigenvalue weighted by molar-refractivity contribution is 8.00. The van der Waals surface area contributed by atoms with E-state index in [2.05, 4.69) is 25.6 Å². The van der Waals surface area contributed by atoms with Gasteiger partial charge in [0.1, 0.15) is 12.4 Å². The highest BCUT2D eigenvalue weighted by Crippen LogP contribution is 2.29. The zero-order valence-electron chi connectivity index (χ0n) is 49.2. The van der Waals surface area contributed by atoms with Crippen LogP contribution < -0.4 is 11.6 Å². The first-order chi connectivity index (χ1) is 37.8. The van der Waals surface area contributed by atoms with Gasteiger partial charge in [-0.25, -0.2) is 5.90 Å². The Morgan fingerprint density at radius 1 is 0.646 bits per heavy atom. The minimum atomic E-state index is -0.833. The average Bonchev–Trinajstić information content (AvgIpc) is 3.71. The maximum atomic E-state index is 14.0. The topological polar surface area (TPSA) is 291 Å². The van der Waals surface area contributed by atoms with Gasteiger partial charge in [-0.3, -0.25) is 48.1 Å². The Labute approximate surface area is 474 Å². The number of nitrogens with two attached hydrogens (primary N) is 2. The smallest absolute Gasteiger partial charge is 0.242 e. The van der Waals surface area contributed by atoms with E-state index in [0.717, 1.165) is 29.5 Å². The van der Waals surface area contributed by atoms with Crippen LogP contribution in [0.2, 0.25) is 0 Å². The van der Waals surface area contributed by atoms with E-state index < -0.39 is 46.6 Å². The third-order valence-electron chi connectivity index (χ3n) is 13.7. The Bertz CT molecular complexity index is 1760. The Balaban J connectivity index is 2.05. The number of likely N-dealkylation sites (N-methyl/N-ethyl adjacent to an activating group) is 2. The summed E-state index contributed by atoms with van der Waals surface area (Å²) in [7, 11) is 5.14. The zero-order chi connectivity index (χ0) is 59.1. The molecule has 0 saturated carbocycles. The number of ether oxygens (including phenoxy) is 9. The minimum absolute atomic E-state index is 0.0182. The number of carbonyl (C=O) groups excluding carboxylic acids is 8. The number of imide groups is 1. The lowest BCUT2D eigenvalue weighted by atomic mass is 9.83. The number of thioether (sulfide) groups is 1. The van der Waals surface area contributed by atoms with E-state index >= 15 is 0 Å². The van der Waals surface area contributed by atoms with Gasteiger partial charge in [-0.15, -0.1) is 11.8 Å². The van der Waals surface area contributed by atoms with Crippen LogP contribution in [0, 0.1) is 29.6 Å². The lowest BCUT2D eigenvalue weighted by Gasteiger charge is -2.40. The van der Waals surface area contributed by atoms with E-state index in [4.69, 9.17) is 54.3 Å². The second-order valence-electron chi connectivity index (χ2n) is 20.3. The molecule has 7 atom stereocenters. The molecule has 1 rings (SSSR count). The molecule has 1 aliphatic rings. The number of primary amides is 1. The van der Waals surface area contributed by atoms with Gasteiger partial charge in [-0.1, -0.05) is 54.9 Å². The summed E-state index contributed by atoms with van der Waals surface area (Å²) in [6.45, 7) is 19.6. The molecule has 1 aliphatic heterocycles. The van der Waals surface area contributed by atoms with Crippen molar-refractivity contribution in [1.82, 2.24) is 14.7 Å². The molecule has 0 aliphatic carbocycles. The van der Waals surface area contributed by atoms with Crippen molar-refractivity contribution in [3.8, 4) is 0 Å². The first-order valence-electron chi connectivity index (χ1n) is 28.1. The van der Waals surface area contributed by atoms with Crippen LogP contribution in [0.25, 0.3) is 0 Å². The van der Waals surface area contributed by atoms with Crippen molar-refractivity contribution in [2.24, 2.45) is 41.2 Å². The fourth-order valence-corrected chi connectivity index (χ4v) is 10.2. The minimum Gasteiger partial charge on any atom is -0.379 e. The van der Waals surface area contributed by atoms with Crippen LogP contribution in [-0.4, -0.2) is 231 Å². The van der Waals surface area contributed by atoms with Crippen LogP contribution >= 0.6 is 11.8 Å². The van der Waals surface area contributed by atoms with E-state index in [1.54, 1.807) is 19.1 Å². The maximum absolute atomic E-state index is 14.0. The number of nitrogens with zero attached hydrogens (tertiary/aromatic N) is 3. The average molecular weight is 1150 g/mol. The fraction of sp³-hybridized carbons (Fsp3) is 0.855. The van der Waals surface area contributed by atoms with Crippen molar-refractivity contribution in [3.05, 3.63) is 0 Å². The first kappa shape index (κ1) is 73.5. The summed E-state index contributed by atoms with van der Waals surface area (Å²) in [5.41, 5.74) is 5.39. The summed E-state index contributed by atoms with van der Waals surface area (Å²) in [4.78, 5) is 111. The second-order valence-corrected chi connectivity index (χ2v) is 21.6. The molecule has 5 amide bonds. The van der Waals surface area contributed by atoms with E-state index in [1.807, 2.05) is 34.7 Å². The summed E-state index contributed by atoms with van der Waals surface area (Å²) >= 11 is 1.09. The van der Waals surface area contributed by atoms with Crippen LogP contribution in [0.1, 0.15) is 106 Å². The van der Waals surface area contributed by atoms with Crippen molar-refractivity contribution in [3.63, 3.8) is 0 Å². The van der Waals surface area contributed by atoms with E-state index in [1.165, 1.54) is 4.90 Å². The van der Waals surface area contributed by atoms with Crippen molar-refractivity contribution >= 4 is 58.6 Å². The zero-order valence-corrected chi connectivity index (χ0v) is 50.1. The molecule has 0 bridgehead atoms. The molecular formula is C55H99N5O18S. The molecule has 0 aromatic carbocycles. The Kier molecular flexibility index (Phi) is 41.0. The van der Waals surface area contributed by atoms with Gasteiger partial charge < -0.3 is 58.2 Å². The predicted molar refractivity (Wildman–Crippen MR) is 297 cm³/mol. The normalized spacial score (nSPS) is 16.1. The number of Topliss-reactive ketones (excluding diaryl/α,β-unsaturated/α-hetero) is 3.